The molecule has 0 unspecified atom stereocenters. The summed E-state index contributed by atoms with van der Waals surface area (Å²) in [5.41, 5.74) is 1.28. The van der Waals surface area contributed by atoms with Crippen LogP contribution in [0.3, 0.4) is 0 Å². The van der Waals surface area contributed by atoms with Gasteiger partial charge in [0.15, 0.2) is 5.65 Å². The van der Waals surface area contributed by atoms with Crippen molar-refractivity contribution in [2.45, 2.75) is 12.3 Å². The van der Waals surface area contributed by atoms with Crippen LogP contribution in [-0.2, 0) is 4.74 Å². The second-order valence-electron chi connectivity index (χ2n) is 8.02. The monoisotopic (exact) mass is 415 g/mol. The third kappa shape index (κ3) is 4.39. The number of hydrogen-bond acceptors (Lipinski definition) is 6. The van der Waals surface area contributed by atoms with E-state index in [1.165, 1.54) is 0 Å². The molecular weight excluding hydrogens is 386 g/mol. The van der Waals surface area contributed by atoms with E-state index in [1.807, 2.05) is 15.4 Å². The van der Waals surface area contributed by atoms with Crippen molar-refractivity contribution in [3.63, 3.8) is 0 Å². The number of amides is 3. The van der Waals surface area contributed by atoms with Crippen LogP contribution < -0.4 is 5.32 Å². The Balaban J connectivity index is 1.41. The molecule has 2 saturated heterocycles. The quantitative estimate of drug-likeness (QED) is 0.753. The predicted octanol–water partition coefficient (Wildman–Crippen LogP) is 0.262. The SMILES string of the molecule is CN(C)C(=O)N1CC[C@@H](c2nnc3ccc(C(=O)NCCN4CCOCC4)cn23)C1. The van der Waals surface area contributed by atoms with E-state index in [0.717, 1.165) is 45.1 Å². The second kappa shape index (κ2) is 8.97. The van der Waals surface area contributed by atoms with Crippen molar-refractivity contribution in [1.82, 2.24) is 34.6 Å². The molecule has 0 aromatic carbocycles. The standard InChI is InChI=1S/C20H29N7O3/c1-24(2)20(29)26-7-5-15(13-26)18-23-22-17-4-3-16(14-27(17)18)19(28)21-6-8-25-9-11-30-12-10-25/h3-4,14-15H,5-13H2,1-2H3,(H,21,28)/t15-/m1/s1. The molecule has 2 aliphatic heterocycles. The largest absolute Gasteiger partial charge is 0.379 e. The highest BCUT2D eigenvalue weighted by atomic mass is 16.5. The number of ether oxygens (including phenoxy) is 1. The summed E-state index contributed by atoms with van der Waals surface area (Å²) in [6.07, 6.45) is 2.63. The van der Waals surface area contributed by atoms with Crippen molar-refractivity contribution in [2.24, 2.45) is 0 Å². The van der Waals surface area contributed by atoms with E-state index in [1.54, 1.807) is 31.3 Å². The molecule has 2 fully saturated rings. The summed E-state index contributed by atoms with van der Waals surface area (Å²) in [7, 11) is 3.51. The lowest BCUT2D eigenvalue weighted by atomic mass is 10.1. The minimum Gasteiger partial charge on any atom is -0.379 e. The highest BCUT2D eigenvalue weighted by Crippen LogP contribution is 2.27. The zero-order valence-corrected chi connectivity index (χ0v) is 17.6. The van der Waals surface area contributed by atoms with Crippen LogP contribution in [0.1, 0.15) is 28.5 Å². The molecule has 4 rings (SSSR count). The summed E-state index contributed by atoms with van der Waals surface area (Å²) in [6.45, 7) is 6.01. The van der Waals surface area contributed by atoms with Crippen LogP contribution in [0.4, 0.5) is 4.79 Å². The summed E-state index contributed by atoms with van der Waals surface area (Å²) < 4.78 is 7.23. The Bertz CT molecular complexity index is 907. The molecule has 1 N–H and O–H groups in total. The maximum Gasteiger partial charge on any atom is 0.319 e. The maximum atomic E-state index is 12.6. The fourth-order valence-electron chi connectivity index (χ4n) is 4.00. The van der Waals surface area contributed by atoms with Crippen LogP contribution in [-0.4, -0.2) is 108 Å². The third-order valence-electron chi connectivity index (χ3n) is 5.71. The van der Waals surface area contributed by atoms with Gasteiger partial charge in [-0.25, -0.2) is 4.79 Å². The van der Waals surface area contributed by atoms with E-state index in [0.29, 0.717) is 30.8 Å². The van der Waals surface area contributed by atoms with Crippen molar-refractivity contribution < 1.29 is 14.3 Å². The fraction of sp³-hybridized carbons (Fsp3) is 0.600. The number of fused-ring (bicyclic) bond motifs is 1. The summed E-state index contributed by atoms with van der Waals surface area (Å²) in [5, 5.41) is 11.6. The van der Waals surface area contributed by atoms with Gasteiger partial charge >= 0.3 is 6.03 Å². The zero-order valence-electron chi connectivity index (χ0n) is 17.6. The number of nitrogens with zero attached hydrogens (tertiary/aromatic N) is 6. The average Bonchev–Trinajstić information content (AvgIpc) is 3.40. The Morgan fingerprint density at radius 3 is 2.77 bits per heavy atom. The van der Waals surface area contributed by atoms with Gasteiger partial charge < -0.3 is 19.9 Å². The van der Waals surface area contributed by atoms with Crippen LogP contribution in [0.25, 0.3) is 5.65 Å². The minimum absolute atomic E-state index is 0.00616. The van der Waals surface area contributed by atoms with E-state index in [9.17, 15) is 9.59 Å². The smallest absolute Gasteiger partial charge is 0.319 e. The highest BCUT2D eigenvalue weighted by Gasteiger charge is 2.31. The Labute approximate surface area is 175 Å². The molecule has 0 saturated carbocycles. The van der Waals surface area contributed by atoms with E-state index in [2.05, 4.69) is 20.4 Å². The number of rotatable bonds is 5. The molecule has 4 heterocycles. The average molecular weight is 415 g/mol. The van der Waals surface area contributed by atoms with Crippen molar-refractivity contribution in [3.05, 3.63) is 29.7 Å². The van der Waals surface area contributed by atoms with Crippen LogP contribution in [0.5, 0.6) is 0 Å². The summed E-state index contributed by atoms with van der Waals surface area (Å²) in [5.74, 6) is 0.784. The molecule has 10 nitrogen and oxygen atoms in total. The highest BCUT2D eigenvalue weighted by molar-refractivity contribution is 5.94. The van der Waals surface area contributed by atoms with E-state index < -0.39 is 0 Å². The van der Waals surface area contributed by atoms with Gasteiger partial charge in [0.2, 0.25) is 0 Å². The number of carbonyl (C=O) groups excluding carboxylic acids is 2. The molecule has 0 bridgehead atoms. The van der Waals surface area contributed by atoms with E-state index >= 15 is 0 Å². The van der Waals surface area contributed by atoms with Gasteiger partial charge in [-0.3, -0.25) is 14.1 Å². The van der Waals surface area contributed by atoms with E-state index in [-0.39, 0.29) is 17.9 Å². The van der Waals surface area contributed by atoms with Gasteiger partial charge in [-0.05, 0) is 18.6 Å². The van der Waals surface area contributed by atoms with Crippen molar-refractivity contribution in [2.75, 3.05) is 66.6 Å². The Morgan fingerprint density at radius 1 is 1.20 bits per heavy atom. The molecule has 162 valence electrons. The van der Waals surface area contributed by atoms with Crippen molar-refractivity contribution in [1.29, 1.82) is 0 Å². The van der Waals surface area contributed by atoms with Crippen LogP contribution in [0, 0.1) is 0 Å². The number of morpholine rings is 1. The van der Waals surface area contributed by atoms with Gasteiger partial charge in [-0.15, -0.1) is 10.2 Å². The van der Waals surface area contributed by atoms with Crippen LogP contribution >= 0.6 is 0 Å². The number of hydrogen-bond donors (Lipinski definition) is 1. The van der Waals surface area contributed by atoms with Crippen LogP contribution in [0.15, 0.2) is 18.3 Å². The molecule has 0 radical (unpaired) electrons. The molecule has 1 atom stereocenters. The summed E-state index contributed by atoms with van der Waals surface area (Å²) >= 11 is 0. The zero-order chi connectivity index (χ0) is 21.1. The van der Waals surface area contributed by atoms with Gasteiger partial charge in [0.05, 0.1) is 18.8 Å². The topological polar surface area (TPSA) is 95.3 Å². The molecule has 30 heavy (non-hydrogen) atoms. The number of pyridine rings is 1. The lowest BCUT2D eigenvalue weighted by molar-refractivity contribution is 0.0383. The number of aromatic nitrogens is 3. The Kier molecular flexibility index (Phi) is 6.14. The predicted molar refractivity (Wildman–Crippen MR) is 111 cm³/mol. The van der Waals surface area contributed by atoms with Gasteiger partial charge in [-0.1, -0.05) is 0 Å². The fourth-order valence-corrected chi connectivity index (χ4v) is 4.00. The van der Waals surface area contributed by atoms with E-state index in [4.69, 9.17) is 4.74 Å². The van der Waals surface area contributed by atoms with Gasteiger partial charge in [-0.2, -0.15) is 0 Å². The molecule has 0 spiro atoms. The Hall–Kier alpha value is -2.72. The molecule has 3 amide bonds. The van der Waals surface area contributed by atoms with Crippen LogP contribution in [0.2, 0.25) is 0 Å². The first kappa shape index (κ1) is 20.5. The number of nitrogens with one attached hydrogen (secondary N) is 1. The molecule has 0 aliphatic carbocycles. The van der Waals surface area contributed by atoms with Crippen molar-refractivity contribution >= 4 is 17.6 Å². The minimum atomic E-state index is -0.111. The normalized spacial score (nSPS) is 19.9. The number of carbonyl (C=O) groups is 2. The molecular formula is C20H29N7O3. The van der Waals surface area contributed by atoms with Gasteiger partial charge in [0.1, 0.15) is 5.82 Å². The molecule has 2 aromatic heterocycles. The van der Waals surface area contributed by atoms with Gasteiger partial charge in [0.25, 0.3) is 5.91 Å². The Morgan fingerprint density at radius 2 is 2.00 bits per heavy atom. The lowest BCUT2D eigenvalue weighted by Gasteiger charge is -2.26. The number of likely N-dealkylation sites (tertiary alicyclic amines) is 1. The van der Waals surface area contributed by atoms with Gasteiger partial charge in [0, 0.05) is 65.5 Å². The molecule has 2 aromatic rings. The first-order chi connectivity index (χ1) is 14.5. The summed E-state index contributed by atoms with van der Waals surface area (Å²) in [4.78, 5) is 30.6. The first-order valence-corrected chi connectivity index (χ1v) is 10.4. The van der Waals surface area contributed by atoms with Crippen molar-refractivity contribution in [3.8, 4) is 0 Å². The third-order valence-corrected chi connectivity index (χ3v) is 5.71. The lowest BCUT2D eigenvalue weighted by Crippen LogP contribution is -2.41. The summed E-state index contributed by atoms with van der Waals surface area (Å²) in [6, 6.07) is 3.59. The first-order valence-electron chi connectivity index (χ1n) is 10.4. The molecule has 2 aliphatic rings. The second-order valence-corrected chi connectivity index (χ2v) is 8.02. The maximum absolute atomic E-state index is 12.6. The molecule has 10 heteroatoms. The number of urea groups is 1.